The minimum absolute atomic E-state index is 0.00244. The number of allylic oxidation sites excluding steroid dienone is 1. The highest BCUT2D eigenvalue weighted by Gasteiger charge is 2.28. The molecule has 3 aromatic rings. The van der Waals surface area contributed by atoms with E-state index in [-0.39, 0.29) is 11.8 Å². The first-order valence-electron chi connectivity index (χ1n) is 9.34. The van der Waals surface area contributed by atoms with E-state index in [2.05, 4.69) is 38.3 Å². The molecular weight excluding hydrogens is 372 g/mol. The molecule has 6 heteroatoms. The van der Waals surface area contributed by atoms with Crippen molar-refractivity contribution in [1.82, 2.24) is 20.1 Å². The monoisotopic (exact) mass is 392 g/mol. The van der Waals surface area contributed by atoms with Gasteiger partial charge in [0.2, 0.25) is 5.91 Å². The van der Waals surface area contributed by atoms with E-state index >= 15 is 0 Å². The lowest BCUT2D eigenvalue weighted by molar-refractivity contribution is -0.121. The number of rotatable bonds is 4. The van der Waals surface area contributed by atoms with Crippen molar-refractivity contribution in [1.29, 1.82) is 0 Å². The molecule has 1 N–H and O–H groups in total. The van der Waals surface area contributed by atoms with Crippen LogP contribution in [0.25, 0.3) is 11.3 Å². The normalized spacial score (nSPS) is 15.2. The van der Waals surface area contributed by atoms with Crippen LogP contribution in [0.1, 0.15) is 42.0 Å². The van der Waals surface area contributed by atoms with Gasteiger partial charge < -0.3 is 5.32 Å². The second kappa shape index (κ2) is 7.60. The summed E-state index contributed by atoms with van der Waals surface area (Å²) >= 11 is 6.10. The van der Waals surface area contributed by atoms with Crippen LogP contribution in [-0.2, 0) is 4.79 Å². The molecule has 0 bridgehead atoms. The summed E-state index contributed by atoms with van der Waals surface area (Å²) < 4.78 is 2.05. The van der Waals surface area contributed by atoms with Crippen molar-refractivity contribution in [2.24, 2.45) is 0 Å². The van der Waals surface area contributed by atoms with Crippen LogP contribution in [0, 0.1) is 6.92 Å². The number of amides is 1. The number of carbonyl (C=O) groups excluding carboxylic acids is 1. The van der Waals surface area contributed by atoms with E-state index in [1.807, 2.05) is 50.2 Å². The molecule has 2 heterocycles. The topological polar surface area (TPSA) is 59.8 Å². The molecule has 0 saturated carbocycles. The van der Waals surface area contributed by atoms with Gasteiger partial charge in [-0.25, -0.2) is 0 Å². The molecule has 0 saturated heterocycles. The number of para-hydroxylation sites is 1. The minimum atomic E-state index is -0.189. The number of fused-ring (bicyclic) bond motifs is 3. The van der Waals surface area contributed by atoms with Crippen LogP contribution in [0.5, 0.6) is 0 Å². The van der Waals surface area contributed by atoms with Gasteiger partial charge in [-0.3, -0.25) is 9.36 Å². The van der Waals surface area contributed by atoms with Gasteiger partial charge in [0.25, 0.3) is 0 Å². The Kier molecular flexibility index (Phi) is 5.01. The molecule has 0 aliphatic carbocycles. The predicted octanol–water partition coefficient (Wildman–Crippen LogP) is 4.28. The molecule has 1 aliphatic heterocycles. The summed E-state index contributed by atoms with van der Waals surface area (Å²) in [7, 11) is 0. The molecule has 2 aromatic carbocycles. The summed E-state index contributed by atoms with van der Waals surface area (Å²) in [5, 5.41) is 12.3. The van der Waals surface area contributed by atoms with E-state index in [1.165, 1.54) is 0 Å². The van der Waals surface area contributed by atoms with Crippen molar-refractivity contribution < 1.29 is 4.79 Å². The number of carbonyl (C=O) groups is 1. The average molecular weight is 393 g/mol. The molecule has 1 aliphatic rings. The van der Waals surface area contributed by atoms with Crippen molar-refractivity contribution in [3.8, 4) is 5.69 Å². The Morgan fingerprint density at radius 3 is 2.64 bits per heavy atom. The summed E-state index contributed by atoms with van der Waals surface area (Å²) in [6.45, 7) is 4.46. The third-order valence-electron chi connectivity index (χ3n) is 4.92. The van der Waals surface area contributed by atoms with Crippen LogP contribution in [0.15, 0.2) is 54.6 Å². The number of halogens is 1. The zero-order valence-electron chi connectivity index (χ0n) is 15.8. The lowest BCUT2D eigenvalue weighted by atomic mass is 9.92. The Bertz CT molecular complexity index is 1050. The third-order valence-corrected chi connectivity index (χ3v) is 5.17. The Balaban J connectivity index is 1.92. The Morgan fingerprint density at radius 2 is 1.89 bits per heavy atom. The second-order valence-electron chi connectivity index (χ2n) is 6.81. The molecular formula is C22H21ClN4O. The zero-order valence-corrected chi connectivity index (χ0v) is 16.6. The molecule has 0 radical (unpaired) electrons. The molecule has 0 spiro atoms. The maximum absolute atomic E-state index is 12.4. The molecule has 1 unspecified atom stereocenters. The first kappa shape index (κ1) is 18.4. The summed E-state index contributed by atoms with van der Waals surface area (Å²) in [6.07, 6.45) is 2.45. The van der Waals surface area contributed by atoms with Gasteiger partial charge >= 0.3 is 0 Å². The number of nitrogens with zero attached hydrogens (tertiary/aromatic N) is 3. The zero-order chi connectivity index (χ0) is 19.7. The van der Waals surface area contributed by atoms with Gasteiger partial charge in [-0.1, -0.05) is 48.0 Å². The van der Waals surface area contributed by atoms with Gasteiger partial charge in [0.15, 0.2) is 0 Å². The molecule has 142 valence electrons. The summed E-state index contributed by atoms with van der Waals surface area (Å²) in [5.41, 5.74) is 4.20. The van der Waals surface area contributed by atoms with Crippen LogP contribution in [0.3, 0.4) is 0 Å². The van der Waals surface area contributed by atoms with E-state index in [4.69, 9.17) is 11.6 Å². The van der Waals surface area contributed by atoms with Crippen LogP contribution >= 0.6 is 11.6 Å². The average Bonchev–Trinajstić information content (AvgIpc) is 3.01. The van der Waals surface area contributed by atoms with Gasteiger partial charge in [-0.2, -0.15) is 0 Å². The summed E-state index contributed by atoms with van der Waals surface area (Å²) in [4.78, 5) is 12.4. The molecule has 1 amide bonds. The van der Waals surface area contributed by atoms with E-state index in [1.54, 1.807) is 0 Å². The standard InChI is InChI=1S/C22H21ClN4O/c1-3-24-21(28)13-16-12-19(15-8-10-17(23)11-9-15)18-6-4-5-7-20(18)27-14(2)25-26-22(16)27/h4-12,16H,3,13H2,1-2H3,(H,24,28). The fourth-order valence-electron chi connectivity index (χ4n) is 3.68. The lowest BCUT2D eigenvalue weighted by Crippen LogP contribution is -2.24. The maximum Gasteiger partial charge on any atom is 0.221 e. The number of nitrogens with one attached hydrogen (secondary N) is 1. The van der Waals surface area contributed by atoms with Gasteiger partial charge in [0.1, 0.15) is 11.6 Å². The van der Waals surface area contributed by atoms with Gasteiger partial charge in [0, 0.05) is 29.5 Å². The highest BCUT2D eigenvalue weighted by atomic mass is 35.5. The quantitative estimate of drug-likeness (QED) is 0.720. The van der Waals surface area contributed by atoms with Crippen LogP contribution < -0.4 is 5.32 Å². The smallest absolute Gasteiger partial charge is 0.221 e. The lowest BCUT2D eigenvalue weighted by Gasteiger charge is -2.13. The van der Waals surface area contributed by atoms with E-state index in [0.29, 0.717) is 18.0 Å². The van der Waals surface area contributed by atoms with E-state index < -0.39 is 0 Å². The predicted molar refractivity (Wildman–Crippen MR) is 111 cm³/mol. The van der Waals surface area contributed by atoms with Crippen molar-refractivity contribution in [3.63, 3.8) is 0 Å². The first-order valence-corrected chi connectivity index (χ1v) is 9.72. The van der Waals surface area contributed by atoms with Crippen LogP contribution in [-0.4, -0.2) is 27.2 Å². The number of hydrogen-bond acceptors (Lipinski definition) is 3. The Morgan fingerprint density at radius 1 is 1.14 bits per heavy atom. The minimum Gasteiger partial charge on any atom is -0.356 e. The van der Waals surface area contributed by atoms with Crippen molar-refractivity contribution in [2.45, 2.75) is 26.2 Å². The van der Waals surface area contributed by atoms with Crippen LogP contribution in [0.4, 0.5) is 0 Å². The van der Waals surface area contributed by atoms with Crippen LogP contribution in [0.2, 0.25) is 5.02 Å². The van der Waals surface area contributed by atoms with Crippen molar-refractivity contribution >= 4 is 23.1 Å². The maximum atomic E-state index is 12.4. The number of aryl methyl sites for hydroxylation is 1. The van der Waals surface area contributed by atoms with Gasteiger partial charge in [-0.15, -0.1) is 10.2 Å². The number of aromatic nitrogens is 3. The SMILES string of the molecule is CCNC(=O)CC1C=C(c2ccc(Cl)cc2)c2ccccc2-n2c(C)nnc21. The third kappa shape index (κ3) is 3.34. The Labute approximate surface area is 169 Å². The largest absolute Gasteiger partial charge is 0.356 e. The van der Waals surface area contributed by atoms with E-state index in [0.717, 1.165) is 34.0 Å². The molecule has 1 atom stereocenters. The second-order valence-corrected chi connectivity index (χ2v) is 7.25. The van der Waals surface area contributed by atoms with Gasteiger partial charge in [0.05, 0.1) is 5.69 Å². The Hall–Kier alpha value is -2.92. The molecule has 4 rings (SSSR count). The highest BCUT2D eigenvalue weighted by Crippen LogP contribution is 2.38. The highest BCUT2D eigenvalue weighted by molar-refractivity contribution is 6.30. The van der Waals surface area contributed by atoms with E-state index in [9.17, 15) is 4.79 Å². The molecule has 5 nitrogen and oxygen atoms in total. The molecule has 28 heavy (non-hydrogen) atoms. The molecule has 1 aromatic heterocycles. The fraction of sp³-hybridized carbons (Fsp3) is 0.227. The van der Waals surface area contributed by atoms with Crippen molar-refractivity contribution in [2.75, 3.05) is 6.54 Å². The van der Waals surface area contributed by atoms with Crippen molar-refractivity contribution in [3.05, 3.63) is 82.4 Å². The summed E-state index contributed by atoms with van der Waals surface area (Å²) in [5.74, 6) is 1.39. The number of benzene rings is 2. The first-order chi connectivity index (χ1) is 13.6. The van der Waals surface area contributed by atoms with Gasteiger partial charge in [-0.05, 0) is 43.2 Å². The fourth-order valence-corrected chi connectivity index (χ4v) is 3.80. The molecule has 0 fully saturated rings. The number of hydrogen-bond donors (Lipinski definition) is 1. The summed E-state index contributed by atoms with van der Waals surface area (Å²) in [6, 6.07) is 16.0.